The van der Waals surface area contributed by atoms with E-state index in [1.165, 1.54) is 0 Å². The van der Waals surface area contributed by atoms with Crippen LogP contribution in [-0.4, -0.2) is 32.2 Å². The molecule has 0 aliphatic rings. The third kappa shape index (κ3) is 2.75. The van der Waals surface area contributed by atoms with E-state index in [9.17, 15) is 0 Å². The normalized spacial score (nSPS) is 12.1. The first kappa shape index (κ1) is 14.3. The van der Waals surface area contributed by atoms with Gasteiger partial charge in [0.2, 0.25) is 4.80 Å². The second-order valence-corrected chi connectivity index (χ2v) is 4.86. The number of hydrogen-bond acceptors (Lipinski definition) is 5. The number of aromatic nitrogens is 1. The molecule has 2 rings (SSSR count). The zero-order chi connectivity index (χ0) is 14.5. The number of hydrogen-bond donors (Lipinski definition) is 0. The molecule has 0 aliphatic carbocycles. The lowest BCUT2D eigenvalue weighted by atomic mass is 10.2. The van der Waals surface area contributed by atoms with Crippen molar-refractivity contribution in [2.24, 2.45) is 10.1 Å². The van der Waals surface area contributed by atoms with Crippen molar-refractivity contribution in [2.45, 2.75) is 6.92 Å². The van der Waals surface area contributed by atoms with Gasteiger partial charge in [0.1, 0.15) is 0 Å². The molecule has 0 spiro atoms. The minimum absolute atomic E-state index is 0.669. The third-order valence-corrected chi connectivity index (χ3v) is 3.81. The van der Waals surface area contributed by atoms with E-state index in [4.69, 9.17) is 9.47 Å². The Morgan fingerprint density at radius 3 is 2.70 bits per heavy atom. The molecule has 1 aromatic carbocycles. The van der Waals surface area contributed by atoms with Gasteiger partial charge in [0.05, 0.1) is 26.1 Å². The largest absolute Gasteiger partial charge is 0.493 e. The van der Waals surface area contributed by atoms with Crippen LogP contribution in [0.4, 0.5) is 0 Å². The summed E-state index contributed by atoms with van der Waals surface area (Å²) in [4.78, 5) is 5.04. The number of nitrogens with zero attached hydrogens (tertiary/aromatic N) is 3. The molecule has 106 valence electrons. The van der Waals surface area contributed by atoms with E-state index in [2.05, 4.69) is 10.1 Å². The summed E-state index contributed by atoms with van der Waals surface area (Å²) in [5.41, 5.74) is 1.89. The van der Waals surface area contributed by atoms with Gasteiger partial charge in [-0.1, -0.05) is 6.07 Å². The number of benzene rings is 1. The molecule has 0 saturated heterocycles. The van der Waals surface area contributed by atoms with Crippen molar-refractivity contribution in [3.05, 3.63) is 39.6 Å². The lowest BCUT2D eigenvalue weighted by molar-refractivity contribution is 0.354. The van der Waals surface area contributed by atoms with Crippen molar-refractivity contribution < 1.29 is 9.47 Å². The van der Waals surface area contributed by atoms with E-state index in [1.807, 2.05) is 30.5 Å². The van der Waals surface area contributed by atoms with Crippen LogP contribution in [0.3, 0.4) is 0 Å². The maximum Gasteiger partial charge on any atom is 0.205 e. The summed E-state index contributed by atoms with van der Waals surface area (Å²) < 4.78 is 12.4. The second kappa shape index (κ2) is 6.38. The summed E-state index contributed by atoms with van der Waals surface area (Å²) in [6.45, 7) is 1.99. The number of rotatable bonds is 4. The van der Waals surface area contributed by atoms with Crippen molar-refractivity contribution in [3.8, 4) is 11.5 Å². The second-order valence-electron chi connectivity index (χ2n) is 4.02. The number of ether oxygens (including phenoxy) is 2. The fourth-order valence-corrected chi connectivity index (χ4v) is 2.58. The molecular weight excluding hydrogens is 274 g/mol. The molecule has 0 fully saturated rings. The van der Waals surface area contributed by atoms with Crippen LogP contribution in [0, 0.1) is 6.92 Å². The Balaban J connectivity index is 2.44. The van der Waals surface area contributed by atoms with Crippen LogP contribution in [-0.2, 0) is 0 Å². The van der Waals surface area contributed by atoms with Gasteiger partial charge in [-0.25, -0.2) is 4.68 Å². The van der Waals surface area contributed by atoms with Crippen molar-refractivity contribution in [3.63, 3.8) is 0 Å². The summed E-state index contributed by atoms with van der Waals surface area (Å²) in [7, 11) is 4.99. The third-order valence-electron chi connectivity index (χ3n) is 2.79. The van der Waals surface area contributed by atoms with Crippen molar-refractivity contribution in [1.29, 1.82) is 0 Å². The van der Waals surface area contributed by atoms with E-state index in [-0.39, 0.29) is 0 Å². The Bertz CT molecular complexity index is 686. The molecule has 0 amide bonds. The minimum Gasteiger partial charge on any atom is -0.493 e. The van der Waals surface area contributed by atoms with Crippen LogP contribution in [0.1, 0.15) is 11.3 Å². The van der Waals surface area contributed by atoms with Gasteiger partial charge in [0.25, 0.3) is 0 Å². The molecule has 0 radical (unpaired) electrons. The molecule has 0 bridgehead atoms. The lowest BCUT2D eigenvalue weighted by Gasteiger charge is -2.09. The van der Waals surface area contributed by atoms with E-state index >= 15 is 0 Å². The standard InChI is InChI=1S/C14H17N3O2S/c1-10-9-20-14(15-2)17(10)16-8-11-6-5-7-12(18-3)13(11)19-4/h5-9H,1-4H3. The van der Waals surface area contributed by atoms with Gasteiger partial charge in [0, 0.05) is 18.0 Å². The molecular formula is C14H17N3O2S. The fraction of sp³-hybridized carbons (Fsp3) is 0.286. The smallest absolute Gasteiger partial charge is 0.205 e. The first-order chi connectivity index (χ1) is 9.71. The predicted molar refractivity (Wildman–Crippen MR) is 81.1 cm³/mol. The minimum atomic E-state index is 0.669. The average molecular weight is 291 g/mol. The highest BCUT2D eigenvalue weighted by Crippen LogP contribution is 2.29. The Hall–Kier alpha value is -2.08. The zero-order valence-corrected chi connectivity index (χ0v) is 12.8. The van der Waals surface area contributed by atoms with E-state index in [0.717, 1.165) is 16.1 Å². The maximum absolute atomic E-state index is 5.38. The molecule has 0 atom stereocenters. The zero-order valence-electron chi connectivity index (χ0n) is 12.0. The lowest BCUT2D eigenvalue weighted by Crippen LogP contribution is -2.11. The Labute approximate surface area is 121 Å². The van der Waals surface area contributed by atoms with Crippen molar-refractivity contribution in [1.82, 2.24) is 4.68 Å². The first-order valence-electron chi connectivity index (χ1n) is 6.06. The number of methoxy groups -OCH3 is 2. The van der Waals surface area contributed by atoms with Crippen LogP contribution >= 0.6 is 11.3 Å². The molecule has 6 heteroatoms. The highest BCUT2D eigenvalue weighted by atomic mass is 32.1. The summed E-state index contributed by atoms with van der Waals surface area (Å²) in [6, 6.07) is 5.68. The number of para-hydroxylation sites is 1. The molecule has 0 aliphatic heterocycles. The van der Waals surface area contributed by atoms with Crippen LogP contribution in [0.25, 0.3) is 0 Å². The van der Waals surface area contributed by atoms with Crippen molar-refractivity contribution in [2.75, 3.05) is 21.3 Å². The predicted octanol–water partition coefficient (Wildman–Crippen LogP) is 2.29. The molecule has 0 unspecified atom stereocenters. The fourth-order valence-electron chi connectivity index (χ4n) is 1.81. The molecule has 5 nitrogen and oxygen atoms in total. The number of thiazole rings is 1. The summed E-state index contributed by atoms with van der Waals surface area (Å²) in [5.74, 6) is 1.35. The molecule has 1 aromatic heterocycles. The highest BCUT2D eigenvalue weighted by molar-refractivity contribution is 7.07. The molecule has 0 N–H and O–H groups in total. The van der Waals surface area contributed by atoms with Crippen LogP contribution in [0.5, 0.6) is 11.5 Å². The molecule has 0 saturated carbocycles. The summed E-state index contributed by atoms with van der Waals surface area (Å²) in [6.07, 6.45) is 1.75. The highest BCUT2D eigenvalue weighted by Gasteiger charge is 2.07. The van der Waals surface area contributed by atoms with Gasteiger partial charge in [0.15, 0.2) is 11.5 Å². The van der Waals surface area contributed by atoms with E-state index < -0.39 is 0 Å². The molecule has 2 aromatic rings. The quantitative estimate of drug-likeness (QED) is 0.811. The van der Waals surface area contributed by atoms with Crippen LogP contribution in [0.15, 0.2) is 33.7 Å². The van der Waals surface area contributed by atoms with Gasteiger partial charge in [-0.15, -0.1) is 11.3 Å². The monoisotopic (exact) mass is 291 g/mol. The van der Waals surface area contributed by atoms with Gasteiger partial charge < -0.3 is 9.47 Å². The topological polar surface area (TPSA) is 48.1 Å². The number of aryl methyl sites for hydroxylation is 1. The first-order valence-corrected chi connectivity index (χ1v) is 6.94. The SMILES string of the molecule is CN=c1scc(C)n1N=Cc1cccc(OC)c1OC. The van der Waals surface area contributed by atoms with Gasteiger partial charge in [-0.2, -0.15) is 5.10 Å². The summed E-state index contributed by atoms with van der Waals surface area (Å²) >= 11 is 1.56. The Morgan fingerprint density at radius 2 is 2.05 bits per heavy atom. The Kier molecular flexibility index (Phi) is 4.57. The van der Waals surface area contributed by atoms with Crippen LogP contribution < -0.4 is 14.3 Å². The molecule has 20 heavy (non-hydrogen) atoms. The van der Waals surface area contributed by atoms with Gasteiger partial charge in [-0.05, 0) is 19.1 Å². The molecule has 1 heterocycles. The van der Waals surface area contributed by atoms with Crippen molar-refractivity contribution >= 4 is 17.6 Å². The van der Waals surface area contributed by atoms with E-state index in [1.54, 1.807) is 43.5 Å². The van der Waals surface area contributed by atoms with Gasteiger partial charge >= 0.3 is 0 Å². The van der Waals surface area contributed by atoms with E-state index in [0.29, 0.717) is 11.5 Å². The van der Waals surface area contributed by atoms with Crippen LogP contribution in [0.2, 0.25) is 0 Å². The Morgan fingerprint density at radius 1 is 1.25 bits per heavy atom. The summed E-state index contributed by atoms with van der Waals surface area (Å²) in [5, 5.41) is 6.48. The van der Waals surface area contributed by atoms with Gasteiger partial charge in [-0.3, -0.25) is 4.99 Å². The average Bonchev–Trinajstić information content (AvgIpc) is 2.84. The maximum atomic E-state index is 5.38.